The molecule has 0 saturated heterocycles. The minimum absolute atomic E-state index is 0.0663. The van der Waals surface area contributed by atoms with E-state index >= 15 is 0 Å². The molecular weight excluding hydrogens is 194 g/mol. The second kappa shape index (κ2) is 4.47. The quantitative estimate of drug-likeness (QED) is 0.702. The average Bonchev–Trinajstić information content (AvgIpc) is 2.66. The molecule has 1 aromatic heterocycles. The fourth-order valence-corrected chi connectivity index (χ4v) is 1.85. The molecule has 1 aliphatic carbocycles. The van der Waals surface area contributed by atoms with Gasteiger partial charge in [-0.3, -0.25) is 0 Å². The van der Waals surface area contributed by atoms with Gasteiger partial charge in [-0.15, -0.1) is 0 Å². The third-order valence-corrected chi connectivity index (χ3v) is 2.66. The van der Waals surface area contributed by atoms with Crippen molar-refractivity contribution in [3.63, 3.8) is 0 Å². The van der Waals surface area contributed by atoms with Crippen LogP contribution in [0.25, 0.3) is 0 Å². The maximum Gasteiger partial charge on any atom is 0.377 e. The van der Waals surface area contributed by atoms with E-state index in [0.717, 1.165) is 25.7 Å². The standard InChI is InChI=1S/C11H15NO3/c1-8-7-10(15-12-8)11(13)14-9-5-3-2-4-6-9/h7,9H,2-6H2,1H3. The highest BCUT2D eigenvalue weighted by molar-refractivity contribution is 5.86. The Hall–Kier alpha value is -1.32. The van der Waals surface area contributed by atoms with Crippen LogP contribution in [0.5, 0.6) is 0 Å². The van der Waals surface area contributed by atoms with Crippen LogP contribution in [0.2, 0.25) is 0 Å². The van der Waals surface area contributed by atoms with E-state index in [4.69, 9.17) is 9.26 Å². The lowest BCUT2D eigenvalue weighted by atomic mass is 9.98. The topological polar surface area (TPSA) is 52.3 Å². The van der Waals surface area contributed by atoms with Gasteiger partial charge in [-0.25, -0.2) is 4.79 Å². The first-order chi connectivity index (χ1) is 7.25. The molecule has 0 aliphatic heterocycles. The molecule has 1 heterocycles. The van der Waals surface area contributed by atoms with Gasteiger partial charge >= 0.3 is 5.97 Å². The van der Waals surface area contributed by atoms with E-state index in [1.54, 1.807) is 13.0 Å². The van der Waals surface area contributed by atoms with Gasteiger partial charge in [-0.1, -0.05) is 11.6 Å². The zero-order valence-corrected chi connectivity index (χ0v) is 8.86. The van der Waals surface area contributed by atoms with Crippen molar-refractivity contribution >= 4 is 5.97 Å². The maximum atomic E-state index is 11.6. The Morgan fingerprint density at radius 1 is 1.47 bits per heavy atom. The molecule has 15 heavy (non-hydrogen) atoms. The van der Waals surface area contributed by atoms with E-state index in [1.807, 2.05) is 0 Å². The van der Waals surface area contributed by atoms with Crippen LogP contribution in [0.1, 0.15) is 48.4 Å². The first kappa shape index (κ1) is 10.2. The molecule has 1 saturated carbocycles. The summed E-state index contributed by atoms with van der Waals surface area (Å²) in [6.07, 6.45) is 5.55. The van der Waals surface area contributed by atoms with Crippen molar-refractivity contribution in [2.75, 3.05) is 0 Å². The maximum absolute atomic E-state index is 11.6. The molecule has 4 nitrogen and oxygen atoms in total. The van der Waals surface area contributed by atoms with Crippen LogP contribution < -0.4 is 0 Å². The molecule has 0 amide bonds. The van der Waals surface area contributed by atoms with E-state index in [1.165, 1.54) is 6.42 Å². The Kier molecular flexibility index (Phi) is 3.04. The Labute approximate surface area is 88.6 Å². The summed E-state index contributed by atoms with van der Waals surface area (Å²) in [4.78, 5) is 11.6. The smallest absolute Gasteiger partial charge is 0.377 e. The van der Waals surface area contributed by atoms with Crippen molar-refractivity contribution in [3.8, 4) is 0 Å². The number of esters is 1. The second-order valence-corrected chi connectivity index (χ2v) is 4.00. The van der Waals surface area contributed by atoms with Gasteiger partial charge in [0.25, 0.3) is 0 Å². The molecule has 82 valence electrons. The Bertz CT molecular complexity index is 339. The average molecular weight is 209 g/mol. The number of rotatable bonds is 2. The van der Waals surface area contributed by atoms with Crippen molar-refractivity contribution in [1.29, 1.82) is 0 Å². The zero-order chi connectivity index (χ0) is 10.7. The van der Waals surface area contributed by atoms with Crippen molar-refractivity contribution in [1.82, 2.24) is 5.16 Å². The molecule has 1 fully saturated rings. The zero-order valence-electron chi connectivity index (χ0n) is 8.86. The number of carbonyl (C=O) groups excluding carboxylic acids is 1. The highest BCUT2D eigenvalue weighted by Gasteiger charge is 2.21. The van der Waals surface area contributed by atoms with Crippen molar-refractivity contribution < 1.29 is 14.1 Å². The van der Waals surface area contributed by atoms with E-state index in [0.29, 0.717) is 5.69 Å². The van der Waals surface area contributed by atoms with Gasteiger partial charge in [-0.2, -0.15) is 0 Å². The first-order valence-electron chi connectivity index (χ1n) is 5.40. The Balaban J connectivity index is 1.91. The summed E-state index contributed by atoms with van der Waals surface area (Å²) in [6.45, 7) is 1.78. The number of aryl methyl sites for hydroxylation is 1. The van der Waals surface area contributed by atoms with Crippen molar-refractivity contribution in [2.24, 2.45) is 0 Å². The van der Waals surface area contributed by atoms with Crippen LogP contribution in [0.15, 0.2) is 10.6 Å². The van der Waals surface area contributed by atoms with Gasteiger partial charge < -0.3 is 9.26 Å². The summed E-state index contributed by atoms with van der Waals surface area (Å²) in [5, 5.41) is 3.65. The van der Waals surface area contributed by atoms with E-state index in [-0.39, 0.29) is 17.8 Å². The number of aromatic nitrogens is 1. The van der Waals surface area contributed by atoms with Crippen LogP contribution in [0.3, 0.4) is 0 Å². The lowest BCUT2D eigenvalue weighted by Gasteiger charge is -2.20. The third-order valence-electron chi connectivity index (χ3n) is 2.66. The number of hydrogen-bond acceptors (Lipinski definition) is 4. The fraction of sp³-hybridized carbons (Fsp3) is 0.636. The SMILES string of the molecule is Cc1cc(C(=O)OC2CCCCC2)on1. The highest BCUT2D eigenvalue weighted by Crippen LogP contribution is 2.21. The third kappa shape index (κ3) is 2.58. The summed E-state index contributed by atoms with van der Waals surface area (Å²) >= 11 is 0. The minimum Gasteiger partial charge on any atom is -0.456 e. The van der Waals surface area contributed by atoms with E-state index in [9.17, 15) is 4.79 Å². The molecule has 0 aromatic carbocycles. The summed E-state index contributed by atoms with van der Waals surface area (Å²) in [7, 11) is 0. The second-order valence-electron chi connectivity index (χ2n) is 4.00. The molecule has 1 aliphatic rings. The number of ether oxygens (including phenoxy) is 1. The van der Waals surface area contributed by atoms with Crippen LogP contribution in [0, 0.1) is 6.92 Å². The van der Waals surface area contributed by atoms with Gasteiger partial charge in [0.15, 0.2) is 0 Å². The van der Waals surface area contributed by atoms with E-state index in [2.05, 4.69) is 5.16 Å². The van der Waals surface area contributed by atoms with Gasteiger partial charge in [-0.05, 0) is 32.6 Å². The van der Waals surface area contributed by atoms with Gasteiger partial charge in [0.2, 0.25) is 5.76 Å². The number of hydrogen-bond donors (Lipinski definition) is 0. The van der Waals surface area contributed by atoms with Gasteiger partial charge in [0, 0.05) is 6.07 Å². The van der Waals surface area contributed by atoms with Crippen LogP contribution in [-0.2, 0) is 4.74 Å². The molecule has 1 aromatic rings. The molecule has 0 bridgehead atoms. The van der Waals surface area contributed by atoms with Crippen LogP contribution >= 0.6 is 0 Å². The molecule has 0 N–H and O–H groups in total. The summed E-state index contributed by atoms with van der Waals surface area (Å²) in [5.74, 6) is -0.180. The van der Waals surface area contributed by atoms with Gasteiger partial charge in [0.1, 0.15) is 6.10 Å². The van der Waals surface area contributed by atoms with Crippen molar-refractivity contribution in [2.45, 2.75) is 45.1 Å². The highest BCUT2D eigenvalue weighted by atomic mass is 16.6. The largest absolute Gasteiger partial charge is 0.456 e. The molecule has 0 unspecified atom stereocenters. The van der Waals surface area contributed by atoms with Crippen molar-refractivity contribution in [3.05, 3.63) is 17.5 Å². The first-order valence-corrected chi connectivity index (χ1v) is 5.40. The normalized spacial score (nSPS) is 17.7. The summed E-state index contributed by atoms with van der Waals surface area (Å²) in [6, 6.07) is 1.60. The lowest BCUT2D eigenvalue weighted by Crippen LogP contribution is -2.20. The predicted molar refractivity (Wildman–Crippen MR) is 53.5 cm³/mol. The Morgan fingerprint density at radius 2 is 2.20 bits per heavy atom. The molecule has 4 heteroatoms. The molecular formula is C11H15NO3. The van der Waals surface area contributed by atoms with E-state index < -0.39 is 0 Å². The molecule has 2 rings (SSSR count). The van der Waals surface area contributed by atoms with Crippen LogP contribution in [-0.4, -0.2) is 17.2 Å². The monoisotopic (exact) mass is 209 g/mol. The minimum atomic E-state index is -0.387. The Morgan fingerprint density at radius 3 is 2.80 bits per heavy atom. The predicted octanol–water partition coefficient (Wildman–Crippen LogP) is 2.47. The van der Waals surface area contributed by atoms with Gasteiger partial charge in [0.05, 0.1) is 5.69 Å². The lowest BCUT2D eigenvalue weighted by molar-refractivity contribution is 0.0168. The summed E-state index contributed by atoms with van der Waals surface area (Å²) in [5.41, 5.74) is 0.700. The molecule has 0 spiro atoms. The number of carbonyl (C=O) groups is 1. The summed E-state index contributed by atoms with van der Waals surface area (Å²) < 4.78 is 10.2. The molecule has 0 atom stereocenters. The fourth-order valence-electron chi connectivity index (χ4n) is 1.85. The molecule has 0 radical (unpaired) electrons. The van der Waals surface area contributed by atoms with Crippen LogP contribution in [0.4, 0.5) is 0 Å². The number of nitrogens with zero attached hydrogens (tertiary/aromatic N) is 1.